The molecule has 2 rings (SSSR count). The molecule has 1 aliphatic heterocycles. The summed E-state index contributed by atoms with van der Waals surface area (Å²) in [5, 5.41) is 3.54. The minimum atomic E-state index is 0.454. The van der Waals surface area contributed by atoms with Crippen molar-refractivity contribution in [3.05, 3.63) is 24.2 Å². The zero-order valence-corrected chi connectivity index (χ0v) is 9.73. The Morgan fingerprint density at radius 1 is 1.40 bits per heavy atom. The largest absolute Gasteiger partial charge is 0.472 e. The van der Waals surface area contributed by atoms with E-state index >= 15 is 0 Å². The van der Waals surface area contributed by atoms with E-state index in [-0.39, 0.29) is 0 Å². The van der Waals surface area contributed by atoms with Crippen LogP contribution >= 0.6 is 0 Å². The number of furan rings is 1. The molecule has 0 saturated carbocycles. The summed E-state index contributed by atoms with van der Waals surface area (Å²) in [6.07, 6.45) is 3.60. The highest BCUT2D eigenvalue weighted by molar-refractivity contribution is 5.11. The van der Waals surface area contributed by atoms with Crippen molar-refractivity contribution in [3.63, 3.8) is 0 Å². The molecule has 1 aromatic heterocycles. The lowest BCUT2D eigenvalue weighted by Gasteiger charge is -2.39. The first-order valence-electron chi connectivity index (χ1n) is 5.69. The van der Waals surface area contributed by atoms with Crippen LogP contribution in [0.3, 0.4) is 0 Å². The SMILES string of the molecule is CC1CN(C(C)c2ccoc2)CC(C)N1. The molecule has 0 spiro atoms. The zero-order chi connectivity index (χ0) is 10.8. The summed E-state index contributed by atoms with van der Waals surface area (Å²) in [4.78, 5) is 2.51. The molecule has 3 unspecified atom stereocenters. The van der Waals surface area contributed by atoms with Crippen LogP contribution in [0.2, 0.25) is 0 Å². The van der Waals surface area contributed by atoms with Crippen LogP contribution in [0.5, 0.6) is 0 Å². The van der Waals surface area contributed by atoms with Crippen molar-refractivity contribution in [2.45, 2.75) is 38.9 Å². The molecule has 0 aromatic carbocycles. The van der Waals surface area contributed by atoms with Gasteiger partial charge in [0.2, 0.25) is 0 Å². The van der Waals surface area contributed by atoms with Gasteiger partial charge in [-0.15, -0.1) is 0 Å². The van der Waals surface area contributed by atoms with E-state index in [1.165, 1.54) is 5.56 Å². The van der Waals surface area contributed by atoms with Gasteiger partial charge < -0.3 is 9.73 Å². The van der Waals surface area contributed by atoms with Crippen molar-refractivity contribution >= 4 is 0 Å². The summed E-state index contributed by atoms with van der Waals surface area (Å²) in [6.45, 7) is 8.94. The minimum Gasteiger partial charge on any atom is -0.472 e. The average Bonchev–Trinajstić information content (AvgIpc) is 2.67. The van der Waals surface area contributed by atoms with Gasteiger partial charge in [-0.05, 0) is 26.8 Å². The highest BCUT2D eigenvalue weighted by Crippen LogP contribution is 2.22. The first-order chi connectivity index (χ1) is 7.16. The molecular weight excluding hydrogens is 188 g/mol. The Labute approximate surface area is 91.4 Å². The van der Waals surface area contributed by atoms with Crippen LogP contribution in [0.25, 0.3) is 0 Å². The lowest BCUT2D eigenvalue weighted by atomic mass is 10.1. The van der Waals surface area contributed by atoms with E-state index in [2.05, 4.69) is 37.1 Å². The maximum absolute atomic E-state index is 5.14. The topological polar surface area (TPSA) is 28.4 Å². The molecular formula is C12H20N2O. The molecule has 2 heterocycles. The molecule has 3 nitrogen and oxygen atoms in total. The number of piperazine rings is 1. The van der Waals surface area contributed by atoms with Crippen LogP contribution in [0.4, 0.5) is 0 Å². The summed E-state index contributed by atoms with van der Waals surface area (Å²) in [5.74, 6) is 0. The molecule has 3 heteroatoms. The van der Waals surface area contributed by atoms with Gasteiger partial charge in [-0.1, -0.05) is 0 Å². The summed E-state index contributed by atoms with van der Waals surface area (Å²) >= 11 is 0. The second kappa shape index (κ2) is 4.37. The molecule has 1 N–H and O–H groups in total. The Hall–Kier alpha value is -0.800. The Morgan fingerprint density at radius 3 is 2.60 bits per heavy atom. The fourth-order valence-electron chi connectivity index (χ4n) is 2.41. The second-order valence-corrected chi connectivity index (χ2v) is 4.66. The van der Waals surface area contributed by atoms with Crippen LogP contribution in [-0.4, -0.2) is 30.1 Å². The average molecular weight is 208 g/mol. The Bertz CT molecular complexity index is 287. The van der Waals surface area contributed by atoms with Gasteiger partial charge in [0.15, 0.2) is 0 Å². The summed E-state index contributed by atoms with van der Waals surface area (Å²) in [6, 6.07) is 3.66. The van der Waals surface area contributed by atoms with Gasteiger partial charge in [0, 0.05) is 36.8 Å². The predicted molar refractivity (Wildman–Crippen MR) is 60.8 cm³/mol. The maximum atomic E-state index is 5.14. The van der Waals surface area contributed by atoms with Gasteiger partial charge in [-0.2, -0.15) is 0 Å². The fraction of sp³-hybridized carbons (Fsp3) is 0.667. The number of hydrogen-bond acceptors (Lipinski definition) is 3. The molecule has 1 aliphatic rings. The van der Waals surface area contributed by atoms with E-state index < -0.39 is 0 Å². The molecule has 84 valence electrons. The van der Waals surface area contributed by atoms with Crippen molar-refractivity contribution in [2.75, 3.05) is 13.1 Å². The van der Waals surface area contributed by atoms with Crippen molar-refractivity contribution in [3.8, 4) is 0 Å². The summed E-state index contributed by atoms with van der Waals surface area (Å²) in [5.41, 5.74) is 1.27. The van der Waals surface area contributed by atoms with Crippen molar-refractivity contribution in [1.29, 1.82) is 0 Å². The lowest BCUT2D eigenvalue weighted by molar-refractivity contribution is 0.131. The molecule has 1 aromatic rings. The molecule has 1 saturated heterocycles. The van der Waals surface area contributed by atoms with E-state index in [9.17, 15) is 0 Å². The first-order valence-corrected chi connectivity index (χ1v) is 5.69. The highest BCUT2D eigenvalue weighted by atomic mass is 16.3. The third-order valence-corrected chi connectivity index (χ3v) is 3.16. The first kappa shape index (κ1) is 10.7. The summed E-state index contributed by atoms with van der Waals surface area (Å²) in [7, 11) is 0. The molecule has 0 bridgehead atoms. The van der Waals surface area contributed by atoms with Gasteiger partial charge in [-0.3, -0.25) is 4.90 Å². The van der Waals surface area contributed by atoms with Gasteiger partial charge in [0.1, 0.15) is 0 Å². The van der Waals surface area contributed by atoms with Crippen molar-refractivity contribution in [1.82, 2.24) is 10.2 Å². The van der Waals surface area contributed by atoms with E-state index in [4.69, 9.17) is 4.42 Å². The van der Waals surface area contributed by atoms with Gasteiger partial charge in [-0.25, -0.2) is 0 Å². The number of rotatable bonds is 2. The highest BCUT2D eigenvalue weighted by Gasteiger charge is 2.25. The number of nitrogens with zero attached hydrogens (tertiary/aromatic N) is 1. The molecule has 3 atom stereocenters. The summed E-state index contributed by atoms with van der Waals surface area (Å²) < 4.78 is 5.14. The van der Waals surface area contributed by atoms with E-state index in [0.717, 1.165) is 13.1 Å². The van der Waals surface area contributed by atoms with Gasteiger partial charge in [0.05, 0.1) is 12.5 Å². The van der Waals surface area contributed by atoms with E-state index in [1.807, 2.05) is 6.26 Å². The number of hydrogen-bond donors (Lipinski definition) is 1. The second-order valence-electron chi connectivity index (χ2n) is 4.66. The quantitative estimate of drug-likeness (QED) is 0.806. The van der Waals surface area contributed by atoms with E-state index in [0.29, 0.717) is 18.1 Å². The van der Waals surface area contributed by atoms with Crippen LogP contribution in [-0.2, 0) is 0 Å². The third-order valence-electron chi connectivity index (χ3n) is 3.16. The molecule has 0 aliphatic carbocycles. The lowest BCUT2D eigenvalue weighted by Crippen LogP contribution is -2.54. The third kappa shape index (κ3) is 2.41. The van der Waals surface area contributed by atoms with Crippen molar-refractivity contribution in [2.24, 2.45) is 0 Å². The standard InChI is InChI=1S/C12H20N2O/c1-9-6-14(7-10(2)13-9)11(3)12-4-5-15-8-12/h4-5,8-11,13H,6-7H2,1-3H3. The minimum absolute atomic E-state index is 0.454. The van der Waals surface area contributed by atoms with Gasteiger partial charge >= 0.3 is 0 Å². The van der Waals surface area contributed by atoms with Crippen LogP contribution in [0, 0.1) is 0 Å². The Balaban J connectivity index is 2.03. The molecule has 0 radical (unpaired) electrons. The maximum Gasteiger partial charge on any atom is 0.0950 e. The van der Waals surface area contributed by atoms with Crippen LogP contribution < -0.4 is 5.32 Å². The normalized spacial score (nSPS) is 30.3. The Kier molecular flexibility index (Phi) is 3.12. The van der Waals surface area contributed by atoms with Crippen LogP contribution in [0.15, 0.2) is 23.0 Å². The zero-order valence-electron chi connectivity index (χ0n) is 9.73. The Morgan fingerprint density at radius 2 is 2.07 bits per heavy atom. The molecule has 15 heavy (non-hydrogen) atoms. The molecule has 1 fully saturated rings. The molecule has 0 amide bonds. The van der Waals surface area contributed by atoms with Crippen LogP contribution in [0.1, 0.15) is 32.4 Å². The van der Waals surface area contributed by atoms with Crippen molar-refractivity contribution < 1.29 is 4.42 Å². The monoisotopic (exact) mass is 208 g/mol. The van der Waals surface area contributed by atoms with E-state index in [1.54, 1.807) is 6.26 Å². The van der Waals surface area contributed by atoms with Gasteiger partial charge in [0.25, 0.3) is 0 Å². The predicted octanol–water partition coefficient (Wildman–Crippen LogP) is 2.02. The smallest absolute Gasteiger partial charge is 0.0950 e. The fourth-order valence-corrected chi connectivity index (χ4v) is 2.41. The number of nitrogens with one attached hydrogen (secondary N) is 1.